The molecular formula is C9H10O4S. The third kappa shape index (κ3) is 1.93. The van der Waals surface area contributed by atoms with E-state index in [2.05, 4.69) is 4.74 Å². The molecule has 0 N–H and O–H groups in total. The summed E-state index contributed by atoms with van der Waals surface area (Å²) in [7, 11) is -1.02. The van der Waals surface area contributed by atoms with Crippen molar-refractivity contribution in [2.24, 2.45) is 5.92 Å². The quantitative estimate of drug-likeness (QED) is 0.466. The highest BCUT2D eigenvalue weighted by Crippen LogP contribution is 2.18. The maximum absolute atomic E-state index is 11.2. The Morgan fingerprint density at radius 3 is 2.64 bits per heavy atom. The van der Waals surface area contributed by atoms with Gasteiger partial charge in [-0.1, -0.05) is 19.1 Å². The molecule has 0 bridgehead atoms. The summed E-state index contributed by atoms with van der Waals surface area (Å²) in [6.07, 6.45) is 4.56. The Balaban J connectivity index is 3.15. The van der Waals surface area contributed by atoms with Crippen LogP contribution in [0.1, 0.15) is 6.92 Å². The summed E-state index contributed by atoms with van der Waals surface area (Å²) in [5.41, 5.74) is 0.356. The van der Waals surface area contributed by atoms with Gasteiger partial charge in [0.1, 0.15) is 0 Å². The van der Waals surface area contributed by atoms with E-state index in [0.29, 0.717) is 5.57 Å². The van der Waals surface area contributed by atoms with E-state index in [-0.39, 0.29) is 4.86 Å². The van der Waals surface area contributed by atoms with Crippen molar-refractivity contribution in [3.8, 4) is 0 Å². The number of ether oxygens (including phenoxy) is 1. The first-order valence-corrected chi connectivity index (χ1v) is 5.08. The first-order chi connectivity index (χ1) is 6.57. The molecule has 0 saturated carbocycles. The second-order valence-electron chi connectivity index (χ2n) is 2.83. The van der Waals surface area contributed by atoms with Crippen molar-refractivity contribution in [2.45, 2.75) is 6.92 Å². The fraction of sp³-hybridized carbons (Fsp3) is 0.333. The zero-order chi connectivity index (χ0) is 10.7. The van der Waals surface area contributed by atoms with Crippen LogP contribution < -0.4 is 0 Å². The minimum Gasteiger partial charge on any atom is -0.466 e. The van der Waals surface area contributed by atoms with Crippen LogP contribution in [0.25, 0.3) is 0 Å². The van der Waals surface area contributed by atoms with Gasteiger partial charge >= 0.3 is 5.97 Å². The van der Waals surface area contributed by atoms with Crippen LogP contribution in [0.5, 0.6) is 0 Å². The molecule has 0 aromatic rings. The van der Waals surface area contributed by atoms with Gasteiger partial charge in [0.05, 0.1) is 12.0 Å². The highest BCUT2D eigenvalue weighted by molar-refractivity contribution is 7.73. The summed E-state index contributed by atoms with van der Waals surface area (Å²) in [5.74, 6) is -0.935. The number of rotatable bonds is 1. The molecule has 76 valence electrons. The molecule has 5 heteroatoms. The second-order valence-corrected chi connectivity index (χ2v) is 3.77. The summed E-state index contributed by atoms with van der Waals surface area (Å²) < 4.78 is 26.0. The monoisotopic (exact) mass is 214 g/mol. The van der Waals surface area contributed by atoms with Crippen LogP contribution in [0.2, 0.25) is 0 Å². The van der Waals surface area contributed by atoms with E-state index in [9.17, 15) is 13.2 Å². The molecule has 4 nitrogen and oxygen atoms in total. The van der Waals surface area contributed by atoms with Gasteiger partial charge in [0.2, 0.25) is 10.3 Å². The lowest BCUT2D eigenvalue weighted by atomic mass is 9.93. The summed E-state index contributed by atoms with van der Waals surface area (Å²) in [6, 6.07) is 0. The fourth-order valence-corrected chi connectivity index (χ4v) is 1.86. The molecule has 1 atom stereocenters. The highest BCUT2D eigenvalue weighted by Gasteiger charge is 2.23. The van der Waals surface area contributed by atoms with Gasteiger partial charge in [-0.05, 0) is 6.08 Å². The maximum atomic E-state index is 11.2. The van der Waals surface area contributed by atoms with E-state index >= 15 is 0 Å². The SMILES string of the molecule is COC(=O)C1=CC=CC(=S(=O)=O)C1C. The van der Waals surface area contributed by atoms with Crippen molar-refractivity contribution in [3.05, 3.63) is 23.8 Å². The molecule has 0 fully saturated rings. The lowest BCUT2D eigenvalue weighted by Crippen LogP contribution is -2.21. The van der Waals surface area contributed by atoms with E-state index in [1.165, 1.54) is 19.3 Å². The largest absolute Gasteiger partial charge is 0.466 e. The smallest absolute Gasteiger partial charge is 0.334 e. The Bertz CT molecular complexity index is 431. The first-order valence-electron chi connectivity index (χ1n) is 4.00. The summed E-state index contributed by atoms with van der Waals surface area (Å²) in [6.45, 7) is 1.65. The van der Waals surface area contributed by atoms with Crippen LogP contribution in [0.3, 0.4) is 0 Å². The van der Waals surface area contributed by atoms with Crippen LogP contribution in [0, 0.1) is 5.92 Å². The number of esters is 1. The predicted octanol–water partition coefficient (Wildman–Crippen LogP) is 0.343. The third-order valence-corrected chi connectivity index (χ3v) is 2.92. The van der Waals surface area contributed by atoms with E-state index in [0.717, 1.165) is 0 Å². The molecule has 0 radical (unpaired) electrons. The van der Waals surface area contributed by atoms with Gasteiger partial charge in [-0.15, -0.1) is 0 Å². The number of methoxy groups -OCH3 is 1. The van der Waals surface area contributed by atoms with Crippen molar-refractivity contribution in [3.63, 3.8) is 0 Å². The molecule has 0 heterocycles. The molecule has 0 spiro atoms. The standard InChI is InChI=1S/C9H10O4S/c1-6-7(9(10)13-2)4-3-5-8(6)14(11)12/h3-6H,1-2H3. The molecule has 0 aliphatic heterocycles. The Morgan fingerprint density at radius 1 is 1.50 bits per heavy atom. The molecule has 0 aromatic carbocycles. The zero-order valence-corrected chi connectivity index (χ0v) is 8.67. The molecule has 1 unspecified atom stereocenters. The molecular weight excluding hydrogens is 204 g/mol. The lowest BCUT2D eigenvalue weighted by Gasteiger charge is -2.14. The molecule has 14 heavy (non-hydrogen) atoms. The molecule has 0 aromatic heterocycles. The summed E-state index contributed by atoms with van der Waals surface area (Å²) in [5, 5.41) is 0. The van der Waals surface area contributed by atoms with E-state index in [4.69, 9.17) is 0 Å². The molecule has 1 aliphatic rings. The third-order valence-electron chi connectivity index (χ3n) is 2.04. The van der Waals surface area contributed by atoms with Gasteiger partial charge < -0.3 is 4.74 Å². The molecule has 0 saturated heterocycles. The minimum atomic E-state index is -2.29. The van der Waals surface area contributed by atoms with Crippen molar-refractivity contribution in [1.82, 2.24) is 0 Å². The maximum Gasteiger partial charge on any atom is 0.334 e. The van der Waals surface area contributed by atoms with Crippen LogP contribution in [-0.4, -0.2) is 26.4 Å². The summed E-state index contributed by atoms with van der Waals surface area (Å²) >= 11 is 0. The first kappa shape index (κ1) is 10.7. The van der Waals surface area contributed by atoms with Gasteiger partial charge in [-0.2, -0.15) is 8.42 Å². The van der Waals surface area contributed by atoms with Gasteiger partial charge in [0.25, 0.3) is 0 Å². The van der Waals surface area contributed by atoms with Gasteiger partial charge in [0.15, 0.2) is 0 Å². The predicted molar refractivity (Wildman–Crippen MR) is 52.3 cm³/mol. The fourth-order valence-electron chi connectivity index (χ4n) is 1.25. The normalized spacial score (nSPS) is 20.3. The number of carbonyl (C=O) groups is 1. The Kier molecular flexibility index (Phi) is 3.24. The topological polar surface area (TPSA) is 60.4 Å². The Morgan fingerprint density at radius 2 is 2.14 bits per heavy atom. The average Bonchev–Trinajstić information content (AvgIpc) is 2.16. The number of hydrogen-bond donors (Lipinski definition) is 0. The van der Waals surface area contributed by atoms with Gasteiger partial charge in [0, 0.05) is 11.5 Å². The minimum absolute atomic E-state index is 0.202. The van der Waals surface area contributed by atoms with Crippen molar-refractivity contribution >= 4 is 21.1 Å². The van der Waals surface area contributed by atoms with E-state index < -0.39 is 22.2 Å². The highest BCUT2D eigenvalue weighted by atomic mass is 32.2. The van der Waals surface area contributed by atoms with E-state index in [1.807, 2.05) is 0 Å². The Labute approximate surface area is 83.4 Å². The number of carbonyl (C=O) groups excluding carboxylic acids is 1. The Hall–Kier alpha value is -1.36. The van der Waals surface area contributed by atoms with Crippen molar-refractivity contribution in [1.29, 1.82) is 0 Å². The second kappa shape index (κ2) is 4.23. The zero-order valence-electron chi connectivity index (χ0n) is 7.85. The van der Waals surface area contributed by atoms with Crippen LogP contribution in [-0.2, 0) is 19.8 Å². The van der Waals surface area contributed by atoms with Crippen LogP contribution in [0.4, 0.5) is 0 Å². The van der Waals surface area contributed by atoms with Crippen molar-refractivity contribution < 1.29 is 17.9 Å². The van der Waals surface area contributed by atoms with Gasteiger partial charge in [-0.3, -0.25) is 0 Å². The average molecular weight is 214 g/mol. The molecule has 1 rings (SSSR count). The lowest BCUT2D eigenvalue weighted by molar-refractivity contribution is -0.136. The van der Waals surface area contributed by atoms with Crippen LogP contribution >= 0.6 is 0 Å². The number of hydrogen-bond acceptors (Lipinski definition) is 4. The van der Waals surface area contributed by atoms with Gasteiger partial charge in [-0.25, -0.2) is 4.79 Å². The molecule has 0 amide bonds. The van der Waals surface area contributed by atoms with Crippen LogP contribution in [0.15, 0.2) is 23.8 Å². The summed E-state index contributed by atoms with van der Waals surface area (Å²) in [4.78, 5) is 11.4. The van der Waals surface area contributed by atoms with E-state index in [1.54, 1.807) is 13.0 Å². The number of allylic oxidation sites excluding steroid dienone is 3. The molecule has 1 aliphatic carbocycles. The van der Waals surface area contributed by atoms with Crippen molar-refractivity contribution in [2.75, 3.05) is 7.11 Å².